The van der Waals surface area contributed by atoms with Gasteiger partial charge in [-0.2, -0.15) is 0 Å². The summed E-state index contributed by atoms with van der Waals surface area (Å²) >= 11 is 3.41. The molecule has 94 valence electrons. The molecule has 4 heteroatoms. The Morgan fingerprint density at radius 1 is 1.11 bits per heavy atom. The van der Waals surface area contributed by atoms with Gasteiger partial charge in [0, 0.05) is 22.9 Å². The Kier molecular flexibility index (Phi) is 3.99. The summed E-state index contributed by atoms with van der Waals surface area (Å²) < 4.78 is 13.7. The van der Waals surface area contributed by atoms with Gasteiger partial charge in [-0.15, -0.1) is 0 Å². The van der Waals surface area contributed by atoms with E-state index in [-0.39, 0.29) is 12.4 Å². The molecule has 0 atom stereocenters. The topological polar surface area (TPSA) is 23.5 Å². The van der Waals surface area contributed by atoms with E-state index in [0.29, 0.717) is 0 Å². The molecule has 0 amide bonds. The monoisotopic (exact) mass is 309 g/mol. The number of aliphatic hydroxyl groups is 1. The highest BCUT2D eigenvalue weighted by Crippen LogP contribution is 2.28. The number of hydrogen-bond donors (Lipinski definition) is 1. The first-order chi connectivity index (χ1) is 8.61. The van der Waals surface area contributed by atoms with Crippen molar-refractivity contribution in [3.8, 4) is 0 Å². The predicted molar refractivity (Wildman–Crippen MR) is 74.5 cm³/mol. The Morgan fingerprint density at radius 2 is 1.72 bits per heavy atom. The molecule has 0 radical (unpaired) electrons. The first-order valence-corrected chi connectivity index (χ1v) is 6.29. The number of hydrogen-bond acceptors (Lipinski definition) is 2. The van der Waals surface area contributed by atoms with Crippen molar-refractivity contribution in [3.63, 3.8) is 0 Å². The lowest BCUT2D eigenvalue weighted by Gasteiger charge is -2.20. The van der Waals surface area contributed by atoms with Crippen LogP contribution in [0.4, 0.5) is 15.8 Å². The van der Waals surface area contributed by atoms with Crippen molar-refractivity contribution < 1.29 is 9.50 Å². The van der Waals surface area contributed by atoms with Gasteiger partial charge in [-0.05, 0) is 42.0 Å². The Bertz CT molecular complexity index is 542. The van der Waals surface area contributed by atoms with Gasteiger partial charge in [0.15, 0.2) is 0 Å². The van der Waals surface area contributed by atoms with Crippen LogP contribution in [0.2, 0.25) is 0 Å². The minimum atomic E-state index is -0.246. The lowest BCUT2D eigenvalue weighted by Crippen LogP contribution is -2.09. The zero-order valence-electron chi connectivity index (χ0n) is 9.90. The average Bonchev–Trinajstić information content (AvgIpc) is 2.38. The second-order valence-corrected chi connectivity index (χ2v) is 4.82. The summed E-state index contributed by atoms with van der Waals surface area (Å²) in [5, 5.41) is 9.11. The SMILES string of the molecule is CN(c1ccc(F)cc1)c1ccc(CO)c(Br)c1. The summed E-state index contributed by atoms with van der Waals surface area (Å²) in [6.07, 6.45) is 0. The van der Waals surface area contributed by atoms with Crippen molar-refractivity contribution in [1.29, 1.82) is 0 Å². The van der Waals surface area contributed by atoms with E-state index < -0.39 is 0 Å². The molecule has 0 saturated carbocycles. The van der Waals surface area contributed by atoms with E-state index in [9.17, 15) is 4.39 Å². The maximum atomic E-state index is 12.9. The Labute approximate surface area is 114 Å². The van der Waals surface area contributed by atoms with Gasteiger partial charge in [-0.3, -0.25) is 0 Å². The van der Waals surface area contributed by atoms with Crippen molar-refractivity contribution in [1.82, 2.24) is 0 Å². The van der Waals surface area contributed by atoms with Crippen LogP contribution in [0.25, 0.3) is 0 Å². The molecule has 0 bridgehead atoms. The van der Waals surface area contributed by atoms with Crippen LogP contribution in [-0.4, -0.2) is 12.2 Å². The van der Waals surface area contributed by atoms with Gasteiger partial charge in [0.05, 0.1) is 6.61 Å². The summed E-state index contributed by atoms with van der Waals surface area (Å²) in [6.45, 7) is 0.00112. The van der Waals surface area contributed by atoms with Crippen LogP contribution < -0.4 is 4.90 Å². The molecule has 0 saturated heterocycles. The largest absolute Gasteiger partial charge is 0.392 e. The van der Waals surface area contributed by atoms with E-state index in [1.54, 1.807) is 12.1 Å². The summed E-state index contributed by atoms with van der Waals surface area (Å²) in [7, 11) is 1.91. The van der Waals surface area contributed by atoms with E-state index in [0.717, 1.165) is 21.4 Å². The molecular weight excluding hydrogens is 297 g/mol. The number of anilines is 2. The third-order valence-corrected chi connectivity index (χ3v) is 3.55. The van der Waals surface area contributed by atoms with Gasteiger partial charge >= 0.3 is 0 Å². The third kappa shape index (κ3) is 2.71. The molecule has 0 aliphatic carbocycles. The van der Waals surface area contributed by atoms with Crippen molar-refractivity contribution in [2.75, 3.05) is 11.9 Å². The van der Waals surface area contributed by atoms with E-state index in [4.69, 9.17) is 5.11 Å². The third-order valence-electron chi connectivity index (χ3n) is 2.81. The normalized spacial score (nSPS) is 10.4. The molecule has 0 unspecified atom stereocenters. The van der Waals surface area contributed by atoms with Crippen LogP contribution >= 0.6 is 15.9 Å². The maximum Gasteiger partial charge on any atom is 0.123 e. The van der Waals surface area contributed by atoms with E-state index in [1.807, 2.05) is 30.1 Å². The van der Waals surface area contributed by atoms with Crippen molar-refractivity contribution in [2.24, 2.45) is 0 Å². The fourth-order valence-corrected chi connectivity index (χ4v) is 2.18. The summed E-state index contributed by atoms with van der Waals surface area (Å²) in [5.74, 6) is -0.246. The highest BCUT2D eigenvalue weighted by molar-refractivity contribution is 9.10. The van der Waals surface area contributed by atoms with E-state index in [2.05, 4.69) is 15.9 Å². The molecule has 18 heavy (non-hydrogen) atoms. The van der Waals surface area contributed by atoms with Crippen LogP contribution in [0.15, 0.2) is 46.9 Å². The zero-order valence-corrected chi connectivity index (χ0v) is 11.5. The van der Waals surface area contributed by atoms with Crippen molar-refractivity contribution in [2.45, 2.75) is 6.61 Å². The molecule has 0 heterocycles. The predicted octanol–water partition coefficient (Wildman–Crippen LogP) is 3.85. The zero-order chi connectivity index (χ0) is 13.1. The second kappa shape index (κ2) is 5.50. The molecule has 2 aromatic rings. The molecule has 0 spiro atoms. The van der Waals surface area contributed by atoms with Crippen molar-refractivity contribution in [3.05, 3.63) is 58.3 Å². The minimum Gasteiger partial charge on any atom is -0.392 e. The molecule has 2 rings (SSSR count). The molecular formula is C14H13BrFNO. The molecule has 2 aromatic carbocycles. The lowest BCUT2D eigenvalue weighted by atomic mass is 10.2. The summed E-state index contributed by atoms with van der Waals surface area (Å²) in [4.78, 5) is 1.95. The van der Waals surface area contributed by atoms with Crippen LogP contribution in [0.5, 0.6) is 0 Å². The van der Waals surface area contributed by atoms with Crippen LogP contribution in [-0.2, 0) is 6.61 Å². The van der Waals surface area contributed by atoms with Gasteiger partial charge in [0.2, 0.25) is 0 Å². The number of aliphatic hydroxyl groups excluding tert-OH is 1. The van der Waals surface area contributed by atoms with E-state index in [1.165, 1.54) is 12.1 Å². The minimum absolute atomic E-state index is 0.00112. The Morgan fingerprint density at radius 3 is 2.28 bits per heavy atom. The van der Waals surface area contributed by atoms with Crippen LogP contribution in [0, 0.1) is 5.82 Å². The molecule has 2 nitrogen and oxygen atoms in total. The fraction of sp³-hybridized carbons (Fsp3) is 0.143. The maximum absolute atomic E-state index is 12.9. The standard InChI is InChI=1S/C14H13BrFNO/c1-17(12-6-3-11(16)4-7-12)13-5-2-10(9-18)14(15)8-13/h2-8,18H,9H2,1H3. The number of nitrogens with zero attached hydrogens (tertiary/aromatic N) is 1. The lowest BCUT2D eigenvalue weighted by molar-refractivity contribution is 0.281. The Balaban J connectivity index is 2.31. The molecule has 1 N–H and O–H groups in total. The number of rotatable bonds is 3. The van der Waals surface area contributed by atoms with Gasteiger partial charge in [0.1, 0.15) is 5.82 Å². The first-order valence-electron chi connectivity index (χ1n) is 5.50. The smallest absolute Gasteiger partial charge is 0.123 e. The van der Waals surface area contributed by atoms with Gasteiger partial charge < -0.3 is 10.0 Å². The summed E-state index contributed by atoms with van der Waals surface area (Å²) in [6, 6.07) is 12.0. The second-order valence-electron chi connectivity index (χ2n) is 3.97. The number of benzene rings is 2. The molecule has 0 aliphatic heterocycles. The average molecular weight is 310 g/mol. The van der Waals surface area contributed by atoms with Gasteiger partial charge in [-0.1, -0.05) is 22.0 Å². The first kappa shape index (κ1) is 13.1. The Hall–Kier alpha value is -1.39. The van der Waals surface area contributed by atoms with Crippen molar-refractivity contribution >= 4 is 27.3 Å². The van der Waals surface area contributed by atoms with Gasteiger partial charge in [0.25, 0.3) is 0 Å². The van der Waals surface area contributed by atoms with E-state index >= 15 is 0 Å². The molecule has 0 aliphatic rings. The highest BCUT2D eigenvalue weighted by atomic mass is 79.9. The summed E-state index contributed by atoms with van der Waals surface area (Å²) in [5.41, 5.74) is 2.71. The van der Waals surface area contributed by atoms with Gasteiger partial charge in [-0.25, -0.2) is 4.39 Å². The quantitative estimate of drug-likeness (QED) is 0.931. The van der Waals surface area contributed by atoms with Crippen LogP contribution in [0.3, 0.4) is 0 Å². The molecule has 0 aromatic heterocycles. The fourth-order valence-electron chi connectivity index (χ4n) is 1.69. The van der Waals surface area contributed by atoms with Crippen LogP contribution in [0.1, 0.15) is 5.56 Å². The number of halogens is 2. The molecule has 0 fully saturated rings. The highest BCUT2D eigenvalue weighted by Gasteiger charge is 2.06.